The predicted octanol–water partition coefficient (Wildman–Crippen LogP) is 3.19. The molecule has 0 aliphatic heterocycles. The Balaban J connectivity index is 2.05. The molecule has 4 nitrogen and oxygen atoms in total. The molecule has 104 valence electrons. The van der Waals surface area contributed by atoms with Gasteiger partial charge in [-0.15, -0.1) is 11.3 Å². The number of thiazole rings is 1. The van der Waals surface area contributed by atoms with Gasteiger partial charge in [0.2, 0.25) is 0 Å². The Labute approximate surface area is 122 Å². The molecular weight excluding hydrogens is 268 g/mol. The minimum Gasteiger partial charge on any atom is -0.328 e. The fourth-order valence-electron chi connectivity index (χ4n) is 2.31. The van der Waals surface area contributed by atoms with Crippen molar-refractivity contribution in [2.75, 3.05) is 19.0 Å². The van der Waals surface area contributed by atoms with Gasteiger partial charge in [-0.1, -0.05) is 17.7 Å². The lowest BCUT2D eigenvalue weighted by Gasteiger charge is -2.18. The van der Waals surface area contributed by atoms with Crippen LogP contribution in [-0.4, -0.2) is 23.5 Å². The zero-order valence-corrected chi connectivity index (χ0v) is 12.7. The molecule has 0 aliphatic rings. The van der Waals surface area contributed by atoms with E-state index in [1.54, 1.807) is 11.3 Å². The molecule has 0 fully saturated rings. The smallest absolute Gasteiger partial charge is 0.195 e. The summed E-state index contributed by atoms with van der Waals surface area (Å²) < 4.78 is 2.15. The zero-order chi connectivity index (χ0) is 14.1. The highest BCUT2D eigenvalue weighted by molar-refractivity contribution is 7.15. The number of hydrogen-bond acceptors (Lipinski definition) is 4. The second-order valence-electron chi connectivity index (χ2n) is 4.86. The summed E-state index contributed by atoms with van der Waals surface area (Å²) >= 11 is 1.66. The average molecular weight is 286 g/mol. The molecule has 5 heteroatoms. The zero-order valence-electron chi connectivity index (χ0n) is 11.9. The summed E-state index contributed by atoms with van der Waals surface area (Å²) in [5.41, 5.74) is 3.61. The minimum atomic E-state index is 0.795. The first-order valence-electron chi connectivity index (χ1n) is 6.60. The Morgan fingerprint density at radius 2 is 2.05 bits per heavy atom. The summed E-state index contributed by atoms with van der Waals surface area (Å²) in [6, 6.07) is 8.52. The van der Waals surface area contributed by atoms with E-state index in [-0.39, 0.29) is 0 Å². The van der Waals surface area contributed by atoms with E-state index in [9.17, 15) is 0 Å². The van der Waals surface area contributed by atoms with E-state index in [0.717, 1.165) is 23.0 Å². The lowest BCUT2D eigenvalue weighted by molar-refractivity contribution is 0.782. The molecule has 0 unspecified atom stereocenters. The number of imidazole rings is 1. The average Bonchev–Trinajstić information content (AvgIpc) is 3.02. The Morgan fingerprint density at radius 3 is 2.75 bits per heavy atom. The molecule has 0 atom stereocenters. The van der Waals surface area contributed by atoms with Gasteiger partial charge >= 0.3 is 0 Å². The summed E-state index contributed by atoms with van der Waals surface area (Å²) in [7, 11) is 4.03. The van der Waals surface area contributed by atoms with Crippen molar-refractivity contribution in [1.29, 1.82) is 0 Å². The van der Waals surface area contributed by atoms with E-state index in [0.29, 0.717) is 0 Å². The van der Waals surface area contributed by atoms with Crippen LogP contribution in [0.3, 0.4) is 0 Å². The Morgan fingerprint density at radius 1 is 1.30 bits per heavy atom. The van der Waals surface area contributed by atoms with Crippen LogP contribution in [0, 0.1) is 6.92 Å². The number of fused-ring (bicyclic) bond motifs is 1. The SMILES string of the molecule is CNCc1c(N(C)c2ccc(C)cc2)nc2sccn12. The summed E-state index contributed by atoms with van der Waals surface area (Å²) in [5, 5.41) is 5.29. The van der Waals surface area contributed by atoms with Crippen LogP contribution in [0.5, 0.6) is 0 Å². The highest BCUT2D eigenvalue weighted by Gasteiger charge is 2.16. The van der Waals surface area contributed by atoms with Crippen molar-refractivity contribution in [2.24, 2.45) is 0 Å². The van der Waals surface area contributed by atoms with Gasteiger partial charge in [0.15, 0.2) is 10.8 Å². The maximum atomic E-state index is 4.76. The molecule has 2 aromatic heterocycles. The summed E-state index contributed by atoms with van der Waals surface area (Å²) in [6.45, 7) is 2.90. The Hall–Kier alpha value is -1.85. The van der Waals surface area contributed by atoms with Gasteiger partial charge in [-0.05, 0) is 26.1 Å². The molecule has 0 aliphatic carbocycles. The van der Waals surface area contributed by atoms with Crippen molar-refractivity contribution in [3.63, 3.8) is 0 Å². The van der Waals surface area contributed by atoms with Crippen LogP contribution in [0.25, 0.3) is 4.96 Å². The van der Waals surface area contributed by atoms with Crippen molar-refractivity contribution >= 4 is 27.8 Å². The first kappa shape index (κ1) is 13.1. The van der Waals surface area contributed by atoms with E-state index >= 15 is 0 Å². The van der Waals surface area contributed by atoms with E-state index in [4.69, 9.17) is 4.98 Å². The second kappa shape index (κ2) is 5.26. The third-order valence-corrected chi connectivity index (χ3v) is 4.18. The molecule has 1 aromatic carbocycles. The summed E-state index contributed by atoms with van der Waals surface area (Å²) in [5.74, 6) is 1.01. The lowest BCUT2D eigenvalue weighted by Crippen LogP contribution is -2.15. The fraction of sp³-hybridized carbons (Fsp3) is 0.267. The van der Waals surface area contributed by atoms with Crippen LogP contribution in [0.4, 0.5) is 11.5 Å². The van der Waals surface area contributed by atoms with Crippen molar-refractivity contribution in [3.05, 3.63) is 47.1 Å². The number of nitrogens with one attached hydrogen (secondary N) is 1. The normalized spacial score (nSPS) is 11.2. The summed E-state index contributed by atoms with van der Waals surface area (Å²) in [6.07, 6.45) is 2.08. The second-order valence-corrected chi connectivity index (χ2v) is 5.74. The monoisotopic (exact) mass is 286 g/mol. The Kier molecular flexibility index (Phi) is 3.46. The van der Waals surface area contributed by atoms with Crippen molar-refractivity contribution in [3.8, 4) is 0 Å². The number of rotatable bonds is 4. The molecule has 0 saturated heterocycles. The molecule has 2 heterocycles. The van der Waals surface area contributed by atoms with Gasteiger partial charge in [0.05, 0.1) is 5.69 Å². The quantitative estimate of drug-likeness (QED) is 0.799. The van der Waals surface area contributed by atoms with Crippen LogP contribution in [0.1, 0.15) is 11.3 Å². The topological polar surface area (TPSA) is 32.6 Å². The minimum absolute atomic E-state index is 0.795. The van der Waals surface area contributed by atoms with Crippen molar-refractivity contribution < 1.29 is 0 Å². The van der Waals surface area contributed by atoms with Crippen molar-refractivity contribution in [1.82, 2.24) is 14.7 Å². The van der Waals surface area contributed by atoms with E-state index < -0.39 is 0 Å². The van der Waals surface area contributed by atoms with Gasteiger partial charge in [-0.25, -0.2) is 4.98 Å². The third kappa shape index (κ3) is 2.19. The van der Waals surface area contributed by atoms with E-state index in [2.05, 4.69) is 64.4 Å². The molecule has 1 N–H and O–H groups in total. The van der Waals surface area contributed by atoms with Crippen LogP contribution >= 0.6 is 11.3 Å². The number of benzene rings is 1. The molecule has 0 spiro atoms. The lowest BCUT2D eigenvalue weighted by atomic mass is 10.2. The molecule has 0 radical (unpaired) electrons. The highest BCUT2D eigenvalue weighted by atomic mass is 32.1. The van der Waals surface area contributed by atoms with Crippen LogP contribution in [0.15, 0.2) is 35.8 Å². The van der Waals surface area contributed by atoms with Gasteiger partial charge in [-0.2, -0.15) is 0 Å². The standard InChI is InChI=1S/C15H18N4S/c1-11-4-6-12(7-5-11)18(3)14-13(10-16-2)19-8-9-20-15(19)17-14/h4-9,16H,10H2,1-3H3. The number of hydrogen-bond donors (Lipinski definition) is 1. The number of aromatic nitrogens is 2. The molecule has 0 saturated carbocycles. The van der Waals surface area contributed by atoms with E-state index in [1.807, 2.05) is 7.05 Å². The van der Waals surface area contributed by atoms with Crippen LogP contribution in [-0.2, 0) is 6.54 Å². The summed E-state index contributed by atoms with van der Waals surface area (Å²) in [4.78, 5) is 7.93. The highest BCUT2D eigenvalue weighted by Crippen LogP contribution is 2.29. The maximum Gasteiger partial charge on any atom is 0.195 e. The third-order valence-electron chi connectivity index (χ3n) is 3.42. The first-order valence-corrected chi connectivity index (χ1v) is 7.48. The molecular formula is C15H18N4S. The van der Waals surface area contributed by atoms with E-state index in [1.165, 1.54) is 11.3 Å². The van der Waals surface area contributed by atoms with Crippen molar-refractivity contribution in [2.45, 2.75) is 13.5 Å². The molecule has 0 amide bonds. The number of nitrogens with zero attached hydrogens (tertiary/aromatic N) is 3. The number of anilines is 2. The van der Waals surface area contributed by atoms with Crippen LogP contribution < -0.4 is 10.2 Å². The number of aryl methyl sites for hydroxylation is 1. The largest absolute Gasteiger partial charge is 0.328 e. The van der Waals surface area contributed by atoms with Gasteiger partial charge in [0, 0.05) is 30.9 Å². The van der Waals surface area contributed by atoms with Gasteiger partial charge in [-0.3, -0.25) is 4.40 Å². The molecule has 20 heavy (non-hydrogen) atoms. The maximum absolute atomic E-state index is 4.76. The van der Waals surface area contributed by atoms with Crippen LogP contribution in [0.2, 0.25) is 0 Å². The Bertz CT molecular complexity index is 711. The first-order chi connectivity index (χ1) is 9.70. The van der Waals surface area contributed by atoms with Gasteiger partial charge in [0.1, 0.15) is 0 Å². The molecule has 0 bridgehead atoms. The molecule has 3 aromatic rings. The van der Waals surface area contributed by atoms with Gasteiger partial charge in [0.25, 0.3) is 0 Å². The predicted molar refractivity (Wildman–Crippen MR) is 85.1 cm³/mol. The fourth-order valence-corrected chi connectivity index (χ4v) is 3.04. The van der Waals surface area contributed by atoms with Gasteiger partial charge < -0.3 is 10.2 Å². The molecule has 3 rings (SSSR count).